The maximum absolute atomic E-state index is 12.9. The van der Waals surface area contributed by atoms with E-state index in [0.29, 0.717) is 4.48 Å². The number of esters is 2. The number of allylic oxidation sites excluding steroid dienone is 1. The molecule has 166 valence electrons. The van der Waals surface area contributed by atoms with E-state index in [9.17, 15) is 9.59 Å². The van der Waals surface area contributed by atoms with Crippen LogP contribution in [0.1, 0.15) is 52.0 Å². The quantitative estimate of drug-likeness (QED) is 0.374. The SMILES string of the molecule is C=C(Br)CC(CC1O[C@H](C)C(c2ccccc2)[C@@H](C)O1)(C(=O)OCC)C(=O)OCC. The van der Waals surface area contributed by atoms with Crippen LogP contribution in [0.25, 0.3) is 0 Å². The molecule has 2 rings (SSSR count). The van der Waals surface area contributed by atoms with Gasteiger partial charge in [-0.3, -0.25) is 9.59 Å². The minimum Gasteiger partial charge on any atom is -0.465 e. The van der Waals surface area contributed by atoms with Crippen LogP contribution >= 0.6 is 15.9 Å². The van der Waals surface area contributed by atoms with Gasteiger partial charge in [0.25, 0.3) is 0 Å². The smallest absolute Gasteiger partial charge is 0.324 e. The van der Waals surface area contributed by atoms with Crippen molar-refractivity contribution in [2.75, 3.05) is 13.2 Å². The number of halogens is 1. The summed E-state index contributed by atoms with van der Waals surface area (Å²) in [5.41, 5.74) is -0.483. The van der Waals surface area contributed by atoms with Gasteiger partial charge in [-0.1, -0.05) is 52.8 Å². The fourth-order valence-electron chi connectivity index (χ4n) is 3.99. The average molecular weight is 483 g/mol. The van der Waals surface area contributed by atoms with Crippen LogP contribution < -0.4 is 0 Å². The van der Waals surface area contributed by atoms with Crippen LogP contribution in [0, 0.1) is 5.41 Å². The summed E-state index contributed by atoms with van der Waals surface area (Å²) in [5, 5.41) is 0. The van der Waals surface area contributed by atoms with E-state index in [1.54, 1.807) is 13.8 Å². The lowest BCUT2D eigenvalue weighted by atomic mass is 9.80. The van der Waals surface area contributed by atoms with E-state index in [1.807, 2.05) is 44.2 Å². The first kappa shape index (κ1) is 24.6. The van der Waals surface area contributed by atoms with Gasteiger partial charge in [0.2, 0.25) is 0 Å². The fourth-order valence-corrected chi connectivity index (χ4v) is 4.47. The van der Waals surface area contributed by atoms with E-state index in [-0.39, 0.29) is 44.2 Å². The monoisotopic (exact) mass is 482 g/mol. The number of hydrogen-bond acceptors (Lipinski definition) is 6. The van der Waals surface area contributed by atoms with Crippen LogP contribution in [0.5, 0.6) is 0 Å². The molecular weight excluding hydrogens is 452 g/mol. The normalized spacial score (nSPS) is 24.2. The number of carbonyl (C=O) groups excluding carboxylic acids is 2. The molecule has 0 radical (unpaired) electrons. The number of benzene rings is 1. The standard InChI is InChI=1S/C23H31BrO6/c1-6-27-21(25)23(13-15(3)24,22(26)28-7-2)14-19-29-16(4)20(17(5)30-19)18-11-9-8-10-12-18/h8-12,16-17,19-20H,3,6-7,13-14H2,1-2,4-5H3/t16-,17-,19?,20?/m1/s1. The van der Waals surface area contributed by atoms with Crippen molar-refractivity contribution in [2.24, 2.45) is 5.41 Å². The Bertz CT molecular complexity index is 704. The molecule has 6 nitrogen and oxygen atoms in total. The third kappa shape index (κ3) is 5.71. The van der Waals surface area contributed by atoms with Gasteiger partial charge in [0.15, 0.2) is 11.7 Å². The summed E-state index contributed by atoms with van der Waals surface area (Å²) in [7, 11) is 0. The second-order valence-corrected chi connectivity index (χ2v) is 8.59. The van der Waals surface area contributed by atoms with E-state index in [1.165, 1.54) is 0 Å². The average Bonchev–Trinajstić information content (AvgIpc) is 2.67. The highest BCUT2D eigenvalue weighted by Crippen LogP contribution is 2.41. The lowest BCUT2D eigenvalue weighted by Crippen LogP contribution is -2.49. The number of carbonyl (C=O) groups is 2. The summed E-state index contributed by atoms with van der Waals surface area (Å²) in [5.74, 6) is -1.29. The van der Waals surface area contributed by atoms with Crippen LogP contribution in [0.3, 0.4) is 0 Å². The Balaban J connectivity index is 2.29. The summed E-state index contributed by atoms with van der Waals surface area (Å²) in [6.07, 6.45) is -1.11. The first-order valence-electron chi connectivity index (χ1n) is 10.3. The van der Waals surface area contributed by atoms with Crippen molar-refractivity contribution < 1.29 is 28.5 Å². The maximum Gasteiger partial charge on any atom is 0.324 e. The zero-order valence-electron chi connectivity index (χ0n) is 18.1. The Labute approximate surface area is 187 Å². The fraction of sp³-hybridized carbons (Fsp3) is 0.565. The molecule has 0 bridgehead atoms. The van der Waals surface area contributed by atoms with Gasteiger partial charge >= 0.3 is 11.9 Å². The van der Waals surface area contributed by atoms with Gasteiger partial charge in [0.05, 0.1) is 25.4 Å². The molecule has 0 N–H and O–H groups in total. The second kappa shape index (κ2) is 11.1. The molecule has 7 heteroatoms. The van der Waals surface area contributed by atoms with E-state index < -0.39 is 23.6 Å². The molecule has 0 spiro atoms. The summed E-state index contributed by atoms with van der Waals surface area (Å²) < 4.78 is 23.3. The molecule has 1 aromatic rings. The van der Waals surface area contributed by atoms with E-state index in [4.69, 9.17) is 18.9 Å². The van der Waals surface area contributed by atoms with Crippen molar-refractivity contribution in [1.29, 1.82) is 0 Å². The molecule has 1 aliphatic heterocycles. The Morgan fingerprint density at radius 2 is 1.53 bits per heavy atom. The minimum atomic E-state index is -1.60. The molecule has 1 aliphatic rings. The Hall–Kier alpha value is -1.70. The predicted molar refractivity (Wildman–Crippen MR) is 117 cm³/mol. The highest BCUT2D eigenvalue weighted by atomic mass is 79.9. The van der Waals surface area contributed by atoms with Crippen molar-refractivity contribution in [3.05, 3.63) is 47.0 Å². The van der Waals surface area contributed by atoms with Crippen molar-refractivity contribution in [1.82, 2.24) is 0 Å². The van der Waals surface area contributed by atoms with Gasteiger partial charge in [-0.25, -0.2) is 0 Å². The summed E-state index contributed by atoms with van der Waals surface area (Å²) in [6, 6.07) is 10.0. The molecule has 0 aliphatic carbocycles. The Morgan fingerprint density at radius 3 is 1.97 bits per heavy atom. The van der Waals surface area contributed by atoms with E-state index >= 15 is 0 Å². The zero-order valence-corrected chi connectivity index (χ0v) is 19.6. The van der Waals surface area contributed by atoms with Gasteiger partial charge in [0, 0.05) is 18.8 Å². The third-order valence-electron chi connectivity index (χ3n) is 5.27. The highest BCUT2D eigenvalue weighted by Gasteiger charge is 2.52. The zero-order chi connectivity index (χ0) is 22.3. The predicted octanol–water partition coefficient (Wildman–Crippen LogP) is 4.72. The van der Waals surface area contributed by atoms with Crippen molar-refractivity contribution >= 4 is 27.9 Å². The van der Waals surface area contributed by atoms with Crippen molar-refractivity contribution in [2.45, 2.75) is 65.0 Å². The largest absolute Gasteiger partial charge is 0.465 e. The molecule has 1 fully saturated rings. The first-order chi connectivity index (χ1) is 14.2. The van der Waals surface area contributed by atoms with Crippen LogP contribution in [0.2, 0.25) is 0 Å². The Morgan fingerprint density at radius 1 is 1.03 bits per heavy atom. The molecule has 0 amide bonds. The van der Waals surface area contributed by atoms with Crippen LogP contribution in [0.15, 0.2) is 41.4 Å². The molecule has 1 heterocycles. The van der Waals surface area contributed by atoms with Gasteiger partial charge in [-0.05, 0) is 37.7 Å². The lowest BCUT2D eigenvalue weighted by Gasteiger charge is -2.42. The van der Waals surface area contributed by atoms with Crippen LogP contribution in [0.4, 0.5) is 0 Å². The minimum absolute atomic E-state index is 0.0223. The molecule has 1 saturated heterocycles. The molecule has 30 heavy (non-hydrogen) atoms. The van der Waals surface area contributed by atoms with Gasteiger partial charge in [0.1, 0.15) is 0 Å². The first-order valence-corrected chi connectivity index (χ1v) is 11.1. The van der Waals surface area contributed by atoms with Crippen molar-refractivity contribution in [3.8, 4) is 0 Å². The third-order valence-corrected chi connectivity index (χ3v) is 5.55. The van der Waals surface area contributed by atoms with Crippen LogP contribution in [-0.2, 0) is 28.5 Å². The summed E-state index contributed by atoms with van der Waals surface area (Å²) in [4.78, 5) is 25.9. The second-order valence-electron chi connectivity index (χ2n) is 7.47. The maximum atomic E-state index is 12.9. The van der Waals surface area contributed by atoms with Crippen LogP contribution in [-0.4, -0.2) is 43.7 Å². The summed E-state index contributed by atoms with van der Waals surface area (Å²) in [6.45, 7) is 11.4. The molecule has 2 atom stereocenters. The topological polar surface area (TPSA) is 71.1 Å². The molecule has 0 saturated carbocycles. The molecule has 1 aromatic carbocycles. The molecular formula is C23H31BrO6. The summed E-state index contributed by atoms with van der Waals surface area (Å²) >= 11 is 3.29. The molecule has 0 unspecified atom stereocenters. The van der Waals surface area contributed by atoms with E-state index in [2.05, 4.69) is 22.5 Å². The highest BCUT2D eigenvalue weighted by molar-refractivity contribution is 9.11. The van der Waals surface area contributed by atoms with E-state index in [0.717, 1.165) is 5.56 Å². The number of hydrogen-bond donors (Lipinski definition) is 0. The molecule has 0 aromatic heterocycles. The van der Waals surface area contributed by atoms with Gasteiger partial charge in [-0.15, -0.1) is 0 Å². The van der Waals surface area contributed by atoms with Crippen molar-refractivity contribution in [3.63, 3.8) is 0 Å². The van der Waals surface area contributed by atoms with Gasteiger partial charge in [-0.2, -0.15) is 0 Å². The lowest BCUT2D eigenvalue weighted by molar-refractivity contribution is -0.257. The number of ether oxygens (including phenoxy) is 4. The van der Waals surface area contributed by atoms with Gasteiger partial charge < -0.3 is 18.9 Å². The Kier molecular flexibility index (Phi) is 9.07. The number of rotatable bonds is 9.